The van der Waals surface area contributed by atoms with Crippen LogP contribution >= 0.6 is 22.7 Å². The van der Waals surface area contributed by atoms with E-state index in [0.717, 1.165) is 62.4 Å². The molecule has 3 aliphatic heterocycles. The molecule has 182 valence electrons. The Morgan fingerprint density at radius 1 is 1.03 bits per heavy atom. The average molecular weight is 498 g/mol. The van der Waals surface area contributed by atoms with Gasteiger partial charge in [-0.1, -0.05) is 6.07 Å². The molecule has 0 unspecified atom stereocenters. The van der Waals surface area contributed by atoms with Crippen LogP contribution in [0.4, 0.5) is 5.82 Å². The molecule has 6 heterocycles. The summed E-state index contributed by atoms with van der Waals surface area (Å²) in [6.45, 7) is 11.3. The normalized spacial score (nSPS) is 27.1. The summed E-state index contributed by atoms with van der Waals surface area (Å²) in [4.78, 5) is 20.6. The Balaban J connectivity index is 1.37. The molecule has 8 heteroatoms. The molecule has 0 saturated carbocycles. The Hall–Kier alpha value is -1.58. The number of morpholine rings is 1. The molecule has 3 aliphatic rings. The molecule has 6 rings (SSSR count). The molecule has 0 N–H and O–H groups in total. The third-order valence-electron chi connectivity index (χ3n) is 7.85. The van der Waals surface area contributed by atoms with Gasteiger partial charge in [0.15, 0.2) is 0 Å². The van der Waals surface area contributed by atoms with Crippen LogP contribution in [0.3, 0.4) is 0 Å². The van der Waals surface area contributed by atoms with E-state index in [1.165, 1.54) is 41.5 Å². The summed E-state index contributed by atoms with van der Waals surface area (Å²) in [6, 6.07) is 6.35. The fourth-order valence-corrected chi connectivity index (χ4v) is 7.94. The van der Waals surface area contributed by atoms with E-state index < -0.39 is 0 Å². The van der Waals surface area contributed by atoms with Crippen molar-refractivity contribution in [2.24, 2.45) is 0 Å². The van der Waals surface area contributed by atoms with E-state index in [1.807, 2.05) is 11.3 Å². The summed E-state index contributed by atoms with van der Waals surface area (Å²) in [5, 5.41) is 5.71. The van der Waals surface area contributed by atoms with Crippen LogP contribution in [-0.4, -0.2) is 77.3 Å². The number of piperidine rings is 1. The number of ether oxygens (including phenoxy) is 1. The molecule has 0 spiro atoms. The van der Waals surface area contributed by atoms with Crippen LogP contribution in [0.15, 0.2) is 22.9 Å². The SMILES string of the molecule is C[C@@H]1CC[C@@H](C)N1[C@H]1CCCN(c2nc(CN3CCOCC3)nc3scc(-c4cccs4)c23)C1. The minimum atomic E-state index is 0.609. The van der Waals surface area contributed by atoms with Crippen LogP contribution < -0.4 is 4.90 Å². The van der Waals surface area contributed by atoms with Gasteiger partial charge in [0.05, 0.1) is 25.1 Å². The average Bonchev–Trinajstić information content (AvgIpc) is 3.60. The summed E-state index contributed by atoms with van der Waals surface area (Å²) in [6.07, 6.45) is 5.17. The first-order valence-corrected chi connectivity index (χ1v) is 14.6. The quantitative estimate of drug-likeness (QED) is 0.489. The van der Waals surface area contributed by atoms with Crippen molar-refractivity contribution in [2.75, 3.05) is 44.3 Å². The van der Waals surface area contributed by atoms with Crippen molar-refractivity contribution < 1.29 is 4.74 Å². The molecule has 3 aromatic heterocycles. The summed E-state index contributed by atoms with van der Waals surface area (Å²) in [7, 11) is 0. The van der Waals surface area contributed by atoms with Crippen LogP contribution in [0.25, 0.3) is 20.7 Å². The highest BCUT2D eigenvalue weighted by Crippen LogP contribution is 2.41. The van der Waals surface area contributed by atoms with Gasteiger partial charge in [-0.15, -0.1) is 22.7 Å². The smallest absolute Gasteiger partial charge is 0.146 e. The second-order valence-corrected chi connectivity index (χ2v) is 11.9. The first-order valence-electron chi connectivity index (χ1n) is 12.8. The molecule has 3 saturated heterocycles. The van der Waals surface area contributed by atoms with E-state index in [9.17, 15) is 0 Å². The zero-order valence-corrected chi connectivity index (χ0v) is 21.9. The lowest BCUT2D eigenvalue weighted by Crippen LogP contribution is -2.51. The minimum Gasteiger partial charge on any atom is -0.379 e. The van der Waals surface area contributed by atoms with Crippen LogP contribution in [0, 0.1) is 0 Å². The second-order valence-electron chi connectivity index (χ2n) is 10.1. The molecule has 0 amide bonds. The van der Waals surface area contributed by atoms with Crippen molar-refractivity contribution in [3.05, 3.63) is 28.7 Å². The summed E-state index contributed by atoms with van der Waals surface area (Å²) in [5.41, 5.74) is 1.30. The number of likely N-dealkylation sites (tertiary alicyclic amines) is 1. The first kappa shape index (κ1) is 22.9. The van der Waals surface area contributed by atoms with Crippen molar-refractivity contribution in [3.8, 4) is 10.4 Å². The molecule has 34 heavy (non-hydrogen) atoms. The molecule has 3 atom stereocenters. The second kappa shape index (κ2) is 9.82. The minimum absolute atomic E-state index is 0.609. The topological polar surface area (TPSA) is 44.7 Å². The van der Waals surface area contributed by atoms with E-state index >= 15 is 0 Å². The predicted molar refractivity (Wildman–Crippen MR) is 142 cm³/mol. The number of fused-ring (bicyclic) bond motifs is 1. The highest BCUT2D eigenvalue weighted by atomic mass is 32.1. The lowest BCUT2D eigenvalue weighted by atomic mass is 10.0. The van der Waals surface area contributed by atoms with Gasteiger partial charge in [-0.2, -0.15) is 0 Å². The molecule has 0 bridgehead atoms. The summed E-state index contributed by atoms with van der Waals surface area (Å²) in [5.74, 6) is 2.11. The van der Waals surface area contributed by atoms with Crippen LogP contribution in [0.2, 0.25) is 0 Å². The first-order chi connectivity index (χ1) is 16.7. The number of hydrogen-bond donors (Lipinski definition) is 0. The van der Waals surface area contributed by atoms with Gasteiger partial charge in [-0.25, -0.2) is 9.97 Å². The molecular weight excluding hydrogens is 462 g/mol. The third-order valence-corrected chi connectivity index (χ3v) is 9.63. The van der Waals surface area contributed by atoms with E-state index in [1.54, 1.807) is 11.3 Å². The lowest BCUT2D eigenvalue weighted by molar-refractivity contribution is 0.0331. The maximum Gasteiger partial charge on any atom is 0.146 e. The van der Waals surface area contributed by atoms with Crippen molar-refractivity contribution in [3.63, 3.8) is 0 Å². The van der Waals surface area contributed by atoms with Gasteiger partial charge >= 0.3 is 0 Å². The Morgan fingerprint density at radius 2 is 1.85 bits per heavy atom. The van der Waals surface area contributed by atoms with E-state index in [-0.39, 0.29) is 0 Å². The third kappa shape index (κ3) is 4.39. The van der Waals surface area contributed by atoms with Gasteiger partial charge < -0.3 is 9.64 Å². The Bertz CT molecular complexity index is 1100. The van der Waals surface area contributed by atoms with Crippen molar-refractivity contribution in [2.45, 2.75) is 64.2 Å². The number of anilines is 1. The van der Waals surface area contributed by atoms with Crippen molar-refractivity contribution >= 4 is 38.7 Å². The van der Waals surface area contributed by atoms with Gasteiger partial charge in [0.1, 0.15) is 16.5 Å². The Labute approximate surface area is 210 Å². The number of rotatable bonds is 5. The van der Waals surface area contributed by atoms with E-state index in [0.29, 0.717) is 18.1 Å². The zero-order chi connectivity index (χ0) is 23.1. The highest BCUT2D eigenvalue weighted by Gasteiger charge is 2.36. The molecule has 0 radical (unpaired) electrons. The van der Waals surface area contributed by atoms with Gasteiger partial charge in [0.2, 0.25) is 0 Å². The number of aromatic nitrogens is 2. The van der Waals surface area contributed by atoms with Crippen LogP contribution in [-0.2, 0) is 11.3 Å². The van der Waals surface area contributed by atoms with Gasteiger partial charge in [-0.05, 0) is 51.0 Å². The molecule has 6 nitrogen and oxygen atoms in total. The van der Waals surface area contributed by atoms with Gasteiger partial charge in [0, 0.05) is 60.1 Å². The molecular formula is C26H35N5OS2. The Morgan fingerprint density at radius 3 is 2.62 bits per heavy atom. The lowest BCUT2D eigenvalue weighted by Gasteiger charge is -2.42. The monoisotopic (exact) mass is 497 g/mol. The summed E-state index contributed by atoms with van der Waals surface area (Å²) >= 11 is 3.58. The van der Waals surface area contributed by atoms with Gasteiger partial charge in [-0.3, -0.25) is 9.80 Å². The maximum atomic E-state index is 5.56. The van der Waals surface area contributed by atoms with Crippen LogP contribution in [0.1, 0.15) is 45.4 Å². The Kier molecular flexibility index (Phi) is 6.60. The molecule has 0 aromatic carbocycles. The van der Waals surface area contributed by atoms with Crippen molar-refractivity contribution in [1.82, 2.24) is 19.8 Å². The molecule has 0 aliphatic carbocycles. The summed E-state index contributed by atoms with van der Waals surface area (Å²) < 4.78 is 5.56. The number of nitrogens with zero attached hydrogens (tertiary/aromatic N) is 5. The largest absolute Gasteiger partial charge is 0.379 e. The van der Waals surface area contributed by atoms with E-state index in [2.05, 4.69) is 51.4 Å². The van der Waals surface area contributed by atoms with E-state index in [4.69, 9.17) is 14.7 Å². The zero-order valence-electron chi connectivity index (χ0n) is 20.3. The van der Waals surface area contributed by atoms with Crippen LogP contribution in [0.5, 0.6) is 0 Å². The fraction of sp³-hybridized carbons (Fsp3) is 0.615. The highest BCUT2D eigenvalue weighted by molar-refractivity contribution is 7.18. The molecule has 3 aromatic rings. The fourth-order valence-electron chi connectivity index (χ4n) is 6.16. The van der Waals surface area contributed by atoms with Crippen molar-refractivity contribution in [1.29, 1.82) is 0 Å². The predicted octanol–water partition coefficient (Wildman–Crippen LogP) is 5.09. The van der Waals surface area contributed by atoms with Gasteiger partial charge in [0.25, 0.3) is 0 Å². The molecule has 3 fully saturated rings. The standard InChI is InChI=1S/C26H35N5OS2/c1-18-7-8-19(2)31(18)20-5-3-9-30(15-20)25-24-21(22-6-4-14-33-22)17-34-26(24)28-23(27-25)16-29-10-12-32-13-11-29/h4,6,14,17-20H,3,5,7-13,15-16H2,1-2H3/t18-,19-,20+/m1/s1. The number of hydrogen-bond acceptors (Lipinski definition) is 8. The number of thiophene rings is 2. The maximum absolute atomic E-state index is 5.56.